The molecule has 2 rings (SSSR count). The lowest BCUT2D eigenvalue weighted by Gasteiger charge is -2.30. The maximum atomic E-state index is 12.0. The first-order valence-electron chi connectivity index (χ1n) is 7.57. The van der Waals surface area contributed by atoms with Crippen LogP contribution in [-0.2, 0) is 4.79 Å². The third-order valence-electron chi connectivity index (χ3n) is 4.16. The van der Waals surface area contributed by atoms with E-state index in [-0.39, 0.29) is 12.5 Å². The number of carbonyl (C=O) groups excluding carboxylic acids is 1. The minimum Gasteiger partial charge on any atom is -0.399 e. The molecule has 1 amide bonds. The van der Waals surface area contributed by atoms with Crippen LogP contribution in [0.3, 0.4) is 0 Å². The van der Waals surface area contributed by atoms with Crippen LogP contribution in [-0.4, -0.2) is 42.2 Å². The molecule has 1 aromatic carbocycles. The molecule has 0 spiro atoms. The molecule has 1 aliphatic heterocycles. The van der Waals surface area contributed by atoms with Crippen LogP contribution < -0.4 is 11.1 Å². The third-order valence-corrected chi connectivity index (χ3v) is 4.16. The van der Waals surface area contributed by atoms with E-state index >= 15 is 0 Å². The van der Waals surface area contributed by atoms with Crippen LogP contribution in [0.15, 0.2) is 18.2 Å². The summed E-state index contributed by atoms with van der Waals surface area (Å²) in [6, 6.07) is 5.53. The van der Waals surface area contributed by atoms with Gasteiger partial charge in [-0.3, -0.25) is 4.79 Å². The van der Waals surface area contributed by atoms with Crippen molar-refractivity contribution in [2.75, 3.05) is 37.3 Å². The Labute approximate surface area is 126 Å². The predicted octanol–water partition coefficient (Wildman–Crippen LogP) is 1.61. The molecule has 1 fully saturated rings. The fourth-order valence-corrected chi connectivity index (χ4v) is 2.64. The fraction of sp³-hybridized carbons (Fsp3) is 0.562. The third kappa shape index (κ3) is 4.72. The normalized spacial score (nSPS) is 16.9. The molecular weight excluding hydrogens is 266 g/mol. The molecule has 0 radical (unpaired) electrons. The molecule has 0 bridgehead atoms. The fourth-order valence-electron chi connectivity index (χ4n) is 2.64. The van der Waals surface area contributed by atoms with E-state index in [1.54, 1.807) is 6.07 Å². The largest absolute Gasteiger partial charge is 0.399 e. The molecule has 0 unspecified atom stereocenters. The van der Waals surface area contributed by atoms with Crippen molar-refractivity contribution in [3.63, 3.8) is 0 Å². The second-order valence-corrected chi connectivity index (χ2v) is 5.84. The van der Waals surface area contributed by atoms with Crippen LogP contribution >= 0.6 is 0 Å². The lowest BCUT2D eigenvalue weighted by atomic mass is 9.98. The van der Waals surface area contributed by atoms with E-state index in [2.05, 4.69) is 10.2 Å². The second kappa shape index (κ2) is 7.43. The zero-order chi connectivity index (χ0) is 15.2. The van der Waals surface area contributed by atoms with Crippen LogP contribution in [0.2, 0.25) is 0 Å². The maximum absolute atomic E-state index is 12.0. The van der Waals surface area contributed by atoms with E-state index in [9.17, 15) is 4.79 Å². The van der Waals surface area contributed by atoms with Gasteiger partial charge in [-0.15, -0.1) is 0 Å². The Morgan fingerprint density at radius 3 is 2.81 bits per heavy atom. The molecule has 1 aromatic rings. The van der Waals surface area contributed by atoms with Crippen LogP contribution in [0.1, 0.15) is 24.8 Å². The number of aliphatic hydroxyl groups excluding tert-OH is 1. The molecule has 116 valence electrons. The number of anilines is 2. The Bertz CT molecular complexity index is 482. The molecule has 1 aliphatic rings. The summed E-state index contributed by atoms with van der Waals surface area (Å²) in [5.74, 6) is 0.456. The Kier molecular flexibility index (Phi) is 5.59. The number of hydrogen-bond acceptors (Lipinski definition) is 4. The van der Waals surface area contributed by atoms with Gasteiger partial charge in [-0.05, 0) is 56.5 Å². The molecule has 0 saturated carbocycles. The highest BCUT2D eigenvalue weighted by Crippen LogP contribution is 2.19. The van der Waals surface area contributed by atoms with Crippen LogP contribution in [0.5, 0.6) is 0 Å². The highest BCUT2D eigenvalue weighted by atomic mass is 16.3. The van der Waals surface area contributed by atoms with Gasteiger partial charge in [0.15, 0.2) is 0 Å². The number of aryl methyl sites for hydroxylation is 1. The molecule has 0 aromatic heterocycles. The van der Waals surface area contributed by atoms with Gasteiger partial charge >= 0.3 is 0 Å². The average molecular weight is 291 g/mol. The molecule has 21 heavy (non-hydrogen) atoms. The van der Waals surface area contributed by atoms with Gasteiger partial charge in [-0.1, -0.05) is 6.07 Å². The van der Waals surface area contributed by atoms with Crippen LogP contribution in [0.4, 0.5) is 11.4 Å². The molecule has 4 N–H and O–H groups in total. The summed E-state index contributed by atoms with van der Waals surface area (Å²) < 4.78 is 0. The number of aliphatic hydroxyl groups is 1. The van der Waals surface area contributed by atoms with Gasteiger partial charge in [0.1, 0.15) is 0 Å². The number of benzene rings is 1. The van der Waals surface area contributed by atoms with E-state index in [0.29, 0.717) is 18.0 Å². The number of nitrogens with zero attached hydrogens (tertiary/aromatic N) is 1. The van der Waals surface area contributed by atoms with Crippen molar-refractivity contribution in [3.8, 4) is 0 Å². The Balaban J connectivity index is 1.76. The van der Waals surface area contributed by atoms with Crippen LogP contribution in [0, 0.1) is 12.8 Å². The summed E-state index contributed by atoms with van der Waals surface area (Å²) in [5.41, 5.74) is 8.20. The summed E-state index contributed by atoms with van der Waals surface area (Å²) in [5, 5.41) is 12.0. The summed E-state index contributed by atoms with van der Waals surface area (Å²) in [6.45, 7) is 4.94. The smallest absolute Gasteiger partial charge is 0.225 e. The quantitative estimate of drug-likeness (QED) is 0.720. The lowest BCUT2D eigenvalue weighted by molar-refractivity contribution is -0.116. The topological polar surface area (TPSA) is 78.6 Å². The number of amides is 1. The molecule has 0 atom stereocenters. The van der Waals surface area contributed by atoms with Crippen molar-refractivity contribution in [1.29, 1.82) is 0 Å². The first-order valence-corrected chi connectivity index (χ1v) is 7.57. The number of rotatable bonds is 5. The van der Waals surface area contributed by atoms with Crippen molar-refractivity contribution < 1.29 is 9.90 Å². The molecule has 0 aliphatic carbocycles. The van der Waals surface area contributed by atoms with E-state index in [1.807, 2.05) is 19.1 Å². The summed E-state index contributed by atoms with van der Waals surface area (Å²) in [4.78, 5) is 14.3. The van der Waals surface area contributed by atoms with Gasteiger partial charge in [0.05, 0.1) is 0 Å². The molecule has 1 heterocycles. The Morgan fingerprint density at radius 1 is 1.43 bits per heavy atom. The second-order valence-electron chi connectivity index (χ2n) is 5.84. The standard InChI is InChI=1S/C16H25N3O2/c1-12-2-3-14(17)10-15(12)18-16(21)6-9-19-7-4-13(11-20)5-8-19/h2-3,10,13,20H,4-9,11,17H2,1H3,(H,18,21). The maximum Gasteiger partial charge on any atom is 0.225 e. The van der Waals surface area contributed by atoms with Crippen molar-refractivity contribution in [2.45, 2.75) is 26.2 Å². The first kappa shape index (κ1) is 15.8. The summed E-state index contributed by atoms with van der Waals surface area (Å²) in [6.07, 6.45) is 2.52. The minimum atomic E-state index is 0.0213. The van der Waals surface area contributed by atoms with Crippen molar-refractivity contribution in [2.24, 2.45) is 5.92 Å². The van der Waals surface area contributed by atoms with Gasteiger partial charge in [-0.25, -0.2) is 0 Å². The first-order chi connectivity index (χ1) is 10.1. The van der Waals surface area contributed by atoms with E-state index < -0.39 is 0 Å². The van der Waals surface area contributed by atoms with E-state index in [1.165, 1.54) is 0 Å². The van der Waals surface area contributed by atoms with E-state index in [4.69, 9.17) is 10.8 Å². The Hall–Kier alpha value is -1.59. The van der Waals surface area contributed by atoms with Gasteiger partial charge in [-0.2, -0.15) is 0 Å². The lowest BCUT2D eigenvalue weighted by Crippen LogP contribution is -2.36. The monoisotopic (exact) mass is 291 g/mol. The molecule has 5 heteroatoms. The molecule has 5 nitrogen and oxygen atoms in total. The summed E-state index contributed by atoms with van der Waals surface area (Å²) >= 11 is 0. The van der Waals surface area contributed by atoms with E-state index in [0.717, 1.165) is 43.7 Å². The summed E-state index contributed by atoms with van der Waals surface area (Å²) in [7, 11) is 0. The highest BCUT2D eigenvalue weighted by molar-refractivity contribution is 5.92. The minimum absolute atomic E-state index is 0.0213. The Morgan fingerprint density at radius 2 is 2.14 bits per heavy atom. The van der Waals surface area contributed by atoms with Crippen LogP contribution in [0.25, 0.3) is 0 Å². The number of nitrogens with two attached hydrogens (primary N) is 1. The number of hydrogen-bond donors (Lipinski definition) is 3. The zero-order valence-corrected chi connectivity index (χ0v) is 12.6. The number of piperidine rings is 1. The highest BCUT2D eigenvalue weighted by Gasteiger charge is 2.18. The number of carbonyl (C=O) groups is 1. The van der Waals surface area contributed by atoms with Gasteiger partial charge < -0.3 is 21.1 Å². The number of nitrogens with one attached hydrogen (secondary N) is 1. The number of likely N-dealkylation sites (tertiary alicyclic amines) is 1. The van der Waals surface area contributed by atoms with Gasteiger partial charge in [0.25, 0.3) is 0 Å². The van der Waals surface area contributed by atoms with Gasteiger partial charge in [0.2, 0.25) is 5.91 Å². The van der Waals surface area contributed by atoms with Crippen molar-refractivity contribution >= 4 is 17.3 Å². The average Bonchev–Trinajstić information content (AvgIpc) is 2.49. The van der Waals surface area contributed by atoms with Crippen molar-refractivity contribution in [3.05, 3.63) is 23.8 Å². The zero-order valence-electron chi connectivity index (χ0n) is 12.6. The molecule has 1 saturated heterocycles. The number of nitrogen functional groups attached to an aromatic ring is 1. The predicted molar refractivity (Wildman–Crippen MR) is 85.1 cm³/mol. The van der Waals surface area contributed by atoms with Gasteiger partial charge in [0, 0.05) is 30.9 Å². The molecular formula is C16H25N3O2. The SMILES string of the molecule is Cc1ccc(N)cc1NC(=O)CCN1CCC(CO)CC1. The van der Waals surface area contributed by atoms with Crippen molar-refractivity contribution in [1.82, 2.24) is 4.90 Å².